The summed E-state index contributed by atoms with van der Waals surface area (Å²) in [5.74, 6) is -0.604. The highest BCUT2D eigenvalue weighted by atomic mass is 16.7. The van der Waals surface area contributed by atoms with Crippen LogP contribution in [0, 0.1) is 0 Å². The van der Waals surface area contributed by atoms with E-state index in [9.17, 15) is 9.59 Å². The molecule has 1 aliphatic rings. The van der Waals surface area contributed by atoms with Crippen molar-refractivity contribution in [1.29, 1.82) is 0 Å². The van der Waals surface area contributed by atoms with Crippen molar-refractivity contribution in [2.45, 2.75) is 72.2 Å². The molecule has 0 radical (unpaired) electrons. The van der Waals surface area contributed by atoms with E-state index in [2.05, 4.69) is 5.10 Å². The minimum absolute atomic E-state index is 0.0539. The van der Waals surface area contributed by atoms with Gasteiger partial charge in [-0.05, 0) is 66.9 Å². The molecule has 0 bridgehead atoms. The highest BCUT2D eigenvalue weighted by Crippen LogP contribution is 2.36. The molecule has 0 unspecified atom stereocenters. The summed E-state index contributed by atoms with van der Waals surface area (Å²) in [6.45, 7) is 15.1. The number of ether oxygens (including phenoxy) is 2. The van der Waals surface area contributed by atoms with Crippen LogP contribution < -0.4 is 5.46 Å². The van der Waals surface area contributed by atoms with Crippen LogP contribution in [0.3, 0.4) is 0 Å². The molecule has 0 saturated carbocycles. The fraction of sp³-hybridized carbons (Fsp3) is 0.571. The van der Waals surface area contributed by atoms with Crippen LogP contribution in [0.15, 0.2) is 18.2 Å². The third kappa shape index (κ3) is 4.09. The third-order valence-corrected chi connectivity index (χ3v) is 5.27. The average molecular weight is 416 g/mol. The quantitative estimate of drug-likeness (QED) is 0.560. The fourth-order valence-electron chi connectivity index (χ4n) is 3.05. The number of carbonyl (C=O) groups is 2. The Morgan fingerprint density at radius 1 is 1.13 bits per heavy atom. The minimum Gasteiger partial charge on any atom is -0.461 e. The largest absolute Gasteiger partial charge is 0.494 e. The van der Waals surface area contributed by atoms with Crippen molar-refractivity contribution in [3.8, 4) is 0 Å². The van der Waals surface area contributed by atoms with Crippen LogP contribution in [0.1, 0.15) is 65.9 Å². The van der Waals surface area contributed by atoms with Gasteiger partial charge in [0.15, 0.2) is 5.69 Å². The summed E-state index contributed by atoms with van der Waals surface area (Å²) in [6, 6.07) is 5.25. The molecule has 1 aliphatic heterocycles. The number of hydrogen-bond donors (Lipinski definition) is 0. The van der Waals surface area contributed by atoms with Gasteiger partial charge in [0.2, 0.25) is 0 Å². The first-order valence-electron chi connectivity index (χ1n) is 10.0. The Kier molecular flexibility index (Phi) is 5.49. The molecule has 0 aliphatic carbocycles. The molecule has 1 aromatic heterocycles. The zero-order valence-corrected chi connectivity index (χ0v) is 18.9. The Bertz CT molecular complexity index is 973. The maximum absolute atomic E-state index is 12.8. The van der Waals surface area contributed by atoms with Crippen molar-refractivity contribution in [2.24, 2.45) is 0 Å². The van der Waals surface area contributed by atoms with E-state index in [1.165, 1.54) is 0 Å². The van der Waals surface area contributed by atoms with E-state index in [1.54, 1.807) is 45.9 Å². The second-order valence-corrected chi connectivity index (χ2v) is 9.33. The Balaban J connectivity index is 2.09. The van der Waals surface area contributed by atoms with Crippen LogP contribution in [0.2, 0.25) is 0 Å². The molecular weight excluding hydrogens is 387 g/mol. The van der Waals surface area contributed by atoms with E-state index < -0.39 is 36.0 Å². The van der Waals surface area contributed by atoms with Crippen molar-refractivity contribution in [3.63, 3.8) is 0 Å². The van der Waals surface area contributed by atoms with E-state index in [0.29, 0.717) is 16.4 Å². The average Bonchev–Trinajstić information content (AvgIpc) is 3.07. The van der Waals surface area contributed by atoms with Crippen LogP contribution in [-0.2, 0) is 18.8 Å². The Hall–Kier alpha value is -2.39. The van der Waals surface area contributed by atoms with Crippen molar-refractivity contribution in [3.05, 3.63) is 23.9 Å². The highest BCUT2D eigenvalue weighted by molar-refractivity contribution is 6.62. The van der Waals surface area contributed by atoms with Gasteiger partial charge in [-0.25, -0.2) is 9.59 Å². The predicted octanol–water partition coefficient (Wildman–Crippen LogP) is 3.30. The Morgan fingerprint density at radius 2 is 1.73 bits per heavy atom. The Morgan fingerprint density at radius 3 is 2.27 bits per heavy atom. The molecule has 0 atom stereocenters. The number of aromatic nitrogens is 2. The molecule has 1 aromatic carbocycles. The minimum atomic E-state index is -0.719. The van der Waals surface area contributed by atoms with Crippen LogP contribution in [-0.4, -0.2) is 52.4 Å². The maximum atomic E-state index is 12.8. The summed E-state index contributed by atoms with van der Waals surface area (Å²) in [5.41, 5.74) is -0.552. The number of nitrogens with zero attached hydrogens (tertiary/aromatic N) is 2. The van der Waals surface area contributed by atoms with Gasteiger partial charge in [-0.2, -0.15) is 9.78 Å². The topological polar surface area (TPSA) is 88.9 Å². The first-order valence-corrected chi connectivity index (χ1v) is 10.0. The van der Waals surface area contributed by atoms with Gasteiger partial charge >= 0.3 is 19.2 Å². The van der Waals surface area contributed by atoms with E-state index in [-0.39, 0.29) is 12.3 Å². The Labute approximate surface area is 176 Å². The lowest BCUT2D eigenvalue weighted by Crippen LogP contribution is -2.41. The standard InChI is InChI=1S/C21H29BN2O6/c1-9-27-17(25)16-14-11-10-13(22-29-20(5,6)21(7,8)30-22)12-15(14)24(23-16)18(26)28-19(2,3)4/h10-12H,9H2,1-8H3. The van der Waals surface area contributed by atoms with Crippen molar-refractivity contribution < 1.29 is 28.4 Å². The van der Waals surface area contributed by atoms with Gasteiger partial charge < -0.3 is 18.8 Å². The maximum Gasteiger partial charge on any atom is 0.494 e. The van der Waals surface area contributed by atoms with Crippen molar-refractivity contribution in [2.75, 3.05) is 6.61 Å². The first-order chi connectivity index (χ1) is 13.8. The summed E-state index contributed by atoms with van der Waals surface area (Å²) in [7, 11) is -0.618. The molecule has 0 N–H and O–H groups in total. The molecule has 3 rings (SSSR count). The molecule has 162 valence electrons. The molecule has 1 saturated heterocycles. The monoisotopic (exact) mass is 416 g/mol. The molecule has 8 nitrogen and oxygen atoms in total. The number of carbonyl (C=O) groups excluding carboxylic acids is 2. The van der Waals surface area contributed by atoms with Gasteiger partial charge in [-0.15, -0.1) is 0 Å². The number of benzene rings is 1. The first kappa shape index (κ1) is 22.3. The van der Waals surface area contributed by atoms with Gasteiger partial charge in [-0.1, -0.05) is 12.1 Å². The zero-order chi connectivity index (χ0) is 22.5. The second-order valence-electron chi connectivity index (χ2n) is 9.33. The lowest BCUT2D eigenvalue weighted by Gasteiger charge is -2.32. The van der Waals surface area contributed by atoms with Crippen molar-refractivity contribution in [1.82, 2.24) is 9.78 Å². The highest BCUT2D eigenvalue weighted by Gasteiger charge is 2.51. The second kappa shape index (κ2) is 7.39. The van der Waals surface area contributed by atoms with Gasteiger partial charge in [0.1, 0.15) is 5.60 Å². The number of rotatable bonds is 3. The van der Waals surface area contributed by atoms with Crippen LogP contribution >= 0.6 is 0 Å². The lowest BCUT2D eigenvalue weighted by molar-refractivity contribution is 0.00578. The fourth-order valence-corrected chi connectivity index (χ4v) is 3.05. The molecule has 2 aromatic rings. The summed E-state index contributed by atoms with van der Waals surface area (Å²) in [4.78, 5) is 25.2. The van der Waals surface area contributed by atoms with E-state index in [1.807, 2.05) is 27.7 Å². The molecule has 2 heterocycles. The SMILES string of the molecule is CCOC(=O)c1nn(C(=O)OC(C)(C)C)c2cc(B3OC(C)(C)C(C)(C)O3)ccc12. The summed E-state index contributed by atoms with van der Waals surface area (Å²) in [6.07, 6.45) is -0.686. The molecule has 9 heteroatoms. The zero-order valence-electron chi connectivity index (χ0n) is 18.9. The smallest absolute Gasteiger partial charge is 0.461 e. The summed E-state index contributed by atoms with van der Waals surface area (Å²) in [5, 5.41) is 4.69. The van der Waals surface area contributed by atoms with E-state index >= 15 is 0 Å². The predicted molar refractivity (Wildman–Crippen MR) is 113 cm³/mol. The molecular formula is C21H29BN2O6. The summed E-state index contributed by atoms with van der Waals surface area (Å²) < 4.78 is 23.9. The van der Waals surface area contributed by atoms with Gasteiger partial charge in [0, 0.05) is 5.39 Å². The molecule has 0 amide bonds. The van der Waals surface area contributed by atoms with Gasteiger partial charge in [0.05, 0.1) is 23.3 Å². The molecule has 30 heavy (non-hydrogen) atoms. The molecule has 1 fully saturated rings. The number of fused-ring (bicyclic) bond motifs is 1. The number of esters is 1. The number of hydrogen-bond acceptors (Lipinski definition) is 7. The van der Waals surface area contributed by atoms with Gasteiger partial charge in [-0.3, -0.25) is 0 Å². The van der Waals surface area contributed by atoms with Crippen LogP contribution in [0.25, 0.3) is 10.9 Å². The third-order valence-electron chi connectivity index (χ3n) is 5.27. The normalized spacial score (nSPS) is 17.9. The molecule has 0 spiro atoms. The lowest BCUT2D eigenvalue weighted by atomic mass is 9.79. The van der Waals surface area contributed by atoms with Gasteiger partial charge in [0.25, 0.3) is 0 Å². The van der Waals surface area contributed by atoms with Crippen LogP contribution in [0.4, 0.5) is 4.79 Å². The van der Waals surface area contributed by atoms with Crippen LogP contribution in [0.5, 0.6) is 0 Å². The van der Waals surface area contributed by atoms with E-state index in [4.69, 9.17) is 18.8 Å². The van der Waals surface area contributed by atoms with E-state index in [0.717, 1.165) is 4.68 Å². The van der Waals surface area contributed by atoms with Crippen molar-refractivity contribution >= 4 is 35.5 Å². The summed E-state index contributed by atoms with van der Waals surface area (Å²) >= 11 is 0.